The van der Waals surface area contributed by atoms with Crippen LogP contribution in [0.1, 0.15) is 30.1 Å². The lowest BCUT2D eigenvalue weighted by molar-refractivity contribution is -0.140. The predicted octanol–water partition coefficient (Wildman–Crippen LogP) is 3.72. The standard InChI is InChI=1S/C16H10F3N5/c17-16(18,19)14-11(7-21-8-22-14)15-23-12-4-1-9(6-20)5-13(12)24(15)10-2-3-10/h1,4-5,7-8,10H,2-3H2. The van der Waals surface area contributed by atoms with Crippen molar-refractivity contribution in [3.63, 3.8) is 0 Å². The molecule has 1 aliphatic rings. The van der Waals surface area contributed by atoms with Gasteiger partial charge in [0.05, 0.1) is 28.2 Å². The van der Waals surface area contributed by atoms with Crippen molar-refractivity contribution in [2.45, 2.75) is 25.1 Å². The van der Waals surface area contributed by atoms with E-state index in [4.69, 9.17) is 5.26 Å². The summed E-state index contributed by atoms with van der Waals surface area (Å²) in [5.74, 6) is 0.190. The number of alkyl halides is 3. The third-order valence-electron chi connectivity index (χ3n) is 3.95. The second-order valence-electron chi connectivity index (χ2n) is 5.63. The van der Waals surface area contributed by atoms with E-state index in [-0.39, 0.29) is 17.4 Å². The molecule has 1 aromatic carbocycles. The number of halogens is 3. The molecule has 24 heavy (non-hydrogen) atoms. The molecule has 0 radical (unpaired) electrons. The van der Waals surface area contributed by atoms with Crippen LogP contribution in [0.25, 0.3) is 22.4 Å². The Bertz CT molecular complexity index is 980. The van der Waals surface area contributed by atoms with Crippen LogP contribution in [-0.4, -0.2) is 19.5 Å². The Kier molecular flexibility index (Phi) is 3.06. The summed E-state index contributed by atoms with van der Waals surface area (Å²) in [6.45, 7) is 0. The number of benzene rings is 1. The molecule has 0 amide bonds. The Morgan fingerprint density at radius 2 is 2.04 bits per heavy atom. The zero-order chi connectivity index (χ0) is 16.9. The Hall–Kier alpha value is -2.95. The van der Waals surface area contributed by atoms with Crippen molar-refractivity contribution in [3.8, 4) is 17.5 Å². The van der Waals surface area contributed by atoms with E-state index < -0.39 is 11.9 Å². The van der Waals surface area contributed by atoms with Crippen LogP contribution in [-0.2, 0) is 6.18 Å². The number of nitriles is 1. The van der Waals surface area contributed by atoms with Crippen molar-refractivity contribution < 1.29 is 13.2 Å². The maximum absolute atomic E-state index is 13.3. The van der Waals surface area contributed by atoms with Gasteiger partial charge in [0.2, 0.25) is 0 Å². The normalized spacial score (nSPS) is 14.8. The summed E-state index contributed by atoms with van der Waals surface area (Å²) in [5, 5.41) is 9.07. The number of imidazole rings is 1. The van der Waals surface area contributed by atoms with Gasteiger partial charge in [-0.15, -0.1) is 0 Å². The molecule has 2 heterocycles. The van der Waals surface area contributed by atoms with E-state index >= 15 is 0 Å². The second kappa shape index (κ2) is 5.03. The number of hydrogen-bond acceptors (Lipinski definition) is 4. The molecule has 0 N–H and O–H groups in total. The van der Waals surface area contributed by atoms with Crippen molar-refractivity contribution in [2.24, 2.45) is 0 Å². The molecule has 3 aromatic rings. The average molecular weight is 329 g/mol. The molecular formula is C16H10F3N5. The number of aromatic nitrogens is 4. The molecule has 4 rings (SSSR count). The summed E-state index contributed by atoms with van der Waals surface area (Å²) >= 11 is 0. The summed E-state index contributed by atoms with van der Waals surface area (Å²) in [4.78, 5) is 11.5. The fourth-order valence-electron chi connectivity index (χ4n) is 2.77. The highest BCUT2D eigenvalue weighted by molar-refractivity contribution is 5.82. The van der Waals surface area contributed by atoms with Crippen LogP contribution in [0.5, 0.6) is 0 Å². The van der Waals surface area contributed by atoms with Crippen molar-refractivity contribution in [1.29, 1.82) is 5.26 Å². The Labute approximate surface area is 134 Å². The minimum Gasteiger partial charge on any atom is -0.321 e. The molecule has 0 atom stereocenters. The van der Waals surface area contributed by atoms with Gasteiger partial charge in [-0.1, -0.05) is 0 Å². The fraction of sp³-hybridized carbons (Fsp3) is 0.250. The van der Waals surface area contributed by atoms with Gasteiger partial charge in [0.1, 0.15) is 12.2 Å². The number of nitrogens with zero attached hydrogens (tertiary/aromatic N) is 5. The average Bonchev–Trinajstić information content (AvgIpc) is 3.33. The van der Waals surface area contributed by atoms with Gasteiger partial charge in [-0.3, -0.25) is 0 Å². The summed E-state index contributed by atoms with van der Waals surface area (Å²) < 4.78 is 41.6. The van der Waals surface area contributed by atoms with E-state index in [9.17, 15) is 13.2 Å². The third-order valence-corrected chi connectivity index (χ3v) is 3.95. The van der Waals surface area contributed by atoms with Gasteiger partial charge in [-0.25, -0.2) is 15.0 Å². The largest absolute Gasteiger partial charge is 0.434 e. The molecule has 0 spiro atoms. The highest BCUT2D eigenvalue weighted by atomic mass is 19.4. The molecule has 0 unspecified atom stereocenters. The highest BCUT2D eigenvalue weighted by Gasteiger charge is 2.38. The van der Waals surface area contributed by atoms with Gasteiger partial charge in [-0.2, -0.15) is 18.4 Å². The maximum Gasteiger partial charge on any atom is 0.434 e. The number of hydrogen-bond donors (Lipinski definition) is 0. The summed E-state index contributed by atoms with van der Waals surface area (Å²) in [6, 6.07) is 7.03. The second-order valence-corrected chi connectivity index (χ2v) is 5.63. The van der Waals surface area contributed by atoms with E-state index in [0.29, 0.717) is 16.6 Å². The molecule has 120 valence electrons. The monoisotopic (exact) mass is 329 g/mol. The van der Waals surface area contributed by atoms with Gasteiger partial charge in [0.25, 0.3) is 0 Å². The summed E-state index contributed by atoms with van der Waals surface area (Å²) in [6.07, 6.45) is -0.845. The SMILES string of the molecule is N#Cc1ccc2nc(-c3cncnc3C(F)(F)F)n(C3CC3)c2c1. The lowest BCUT2D eigenvalue weighted by Gasteiger charge is -2.12. The van der Waals surface area contributed by atoms with Crippen molar-refractivity contribution in [2.75, 3.05) is 0 Å². The molecule has 0 aliphatic heterocycles. The van der Waals surface area contributed by atoms with Crippen molar-refractivity contribution in [3.05, 3.63) is 42.0 Å². The van der Waals surface area contributed by atoms with E-state index in [2.05, 4.69) is 15.0 Å². The minimum absolute atomic E-state index is 0.0835. The van der Waals surface area contributed by atoms with Crippen molar-refractivity contribution in [1.82, 2.24) is 19.5 Å². The van der Waals surface area contributed by atoms with Crippen LogP contribution in [0.3, 0.4) is 0 Å². The first-order valence-corrected chi connectivity index (χ1v) is 7.28. The minimum atomic E-state index is -4.59. The lowest BCUT2D eigenvalue weighted by Crippen LogP contribution is -2.12. The third kappa shape index (κ3) is 2.29. The van der Waals surface area contributed by atoms with E-state index in [1.54, 1.807) is 22.8 Å². The number of rotatable bonds is 2. The Morgan fingerprint density at radius 3 is 2.71 bits per heavy atom. The molecule has 0 saturated heterocycles. The van der Waals surface area contributed by atoms with Crippen LogP contribution in [0, 0.1) is 11.3 Å². The number of fused-ring (bicyclic) bond motifs is 1. The van der Waals surface area contributed by atoms with Crippen LogP contribution < -0.4 is 0 Å². The van der Waals surface area contributed by atoms with Gasteiger partial charge < -0.3 is 4.57 Å². The molecule has 1 fully saturated rings. The first kappa shape index (κ1) is 14.6. The van der Waals surface area contributed by atoms with Gasteiger partial charge >= 0.3 is 6.18 Å². The molecule has 0 bridgehead atoms. The van der Waals surface area contributed by atoms with Crippen LogP contribution in [0.15, 0.2) is 30.7 Å². The quantitative estimate of drug-likeness (QED) is 0.718. The molecule has 1 saturated carbocycles. The molecular weight excluding hydrogens is 319 g/mol. The van der Waals surface area contributed by atoms with Crippen molar-refractivity contribution >= 4 is 11.0 Å². The van der Waals surface area contributed by atoms with Crippen LogP contribution >= 0.6 is 0 Å². The van der Waals surface area contributed by atoms with E-state index in [1.807, 2.05) is 6.07 Å². The van der Waals surface area contributed by atoms with Gasteiger partial charge in [0, 0.05) is 12.2 Å². The summed E-state index contributed by atoms with van der Waals surface area (Å²) in [7, 11) is 0. The van der Waals surface area contributed by atoms with Crippen LogP contribution in [0.4, 0.5) is 13.2 Å². The Balaban J connectivity index is 2.02. The van der Waals surface area contributed by atoms with Gasteiger partial charge in [-0.05, 0) is 31.0 Å². The zero-order valence-electron chi connectivity index (χ0n) is 12.2. The first-order chi connectivity index (χ1) is 11.5. The summed E-state index contributed by atoms with van der Waals surface area (Å²) in [5.41, 5.74) is 0.495. The molecule has 1 aliphatic carbocycles. The smallest absolute Gasteiger partial charge is 0.321 e. The van der Waals surface area contributed by atoms with Gasteiger partial charge in [0.15, 0.2) is 5.69 Å². The van der Waals surface area contributed by atoms with E-state index in [0.717, 1.165) is 25.4 Å². The van der Waals surface area contributed by atoms with E-state index in [1.165, 1.54) is 0 Å². The topological polar surface area (TPSA) is 67.4 Å². The Morgan fingerprint density at radius 1 is 1.25 bits per heavy atom. The maximum atomic E-state index is 13.3. The molecule has 5 nitrogen and oxygen atoms in total. The highest BCUT2D eigenvalue weighted by Crippen LogP contribution is 2.43. The zero-order valence-corrected chi connectivity index (χ0v) is 12.2. The first-order valence-electron chi connectivity index (χ1n) is 7.28. The molecule has 8 heteroatoms. The fourth-order valence-corrected chi connectivity index (χ4v) is 2.77. The van der Waals surface area contributed by atoms with Crippen LogP contribution in [0.2, 0.25) is 0 Å². The predicted molar refractivity (Wildman–Crippen MR) is 78.7 cm³/mol. The molecule has 2 aromatic heterocycles. The lowest BCUT2D eigenvalue weighted by atomic mass is 10.2.